The molecule has 0 radical (unpaired) electrons. The second kappa shape index (κ2) is 6.18. The van der Waals surface area contributed by atoms with Crippen LogP contribution in [0.2, 0.25) is 0 Å². The van der Waals surface area contributed by atoms with Crippen molar-refractivity contribution < 1.29 is 8.42 Å². The largest absolute Gasteiger partial charge is 0.281 e. The van der Waals surface area contributed by atoms with Crippen LogP contribution in [0.4, 0.5) is 5.69 Å². The monoisotopic (exact) mass is 364 g/mol. The normalized spacial score (nSPS) is 12.2. The molecular formula is C16H20N4O2S2. The number of fused-ring (bicyclic) bond motifs is 1. The average Bonchev–Trinajstić information content (AvgIpc) is 3.02. The Morgan fingerprint density at radius 2 is 2.08 bits per heavy atom. The van der Waals surface area contributed by atoms with Gasteiger partial charge in [-0.2, -0.15) is 18.0 Å². The Labute approximate surface area is 145 Å². The van der Waals surface area contributed by atoms with Crippen molar-refractivity contribution in [3.05, 3.63) is 40.5 Å². The van der Waals surface area contributed by atoms with Crippen molar-refractivity contribution in [2.24, 2.45) is 0 Å². The van der Waals surface area contributed by atoms with Gasteiger partial charge < -0.3 is 0 Å². The van der Waals surface area contributed by atoms with Gasteiger partial charge in [0.1, 0.15) is 5.01 Å². The van der Waals surface area contributed by atoms with E-state index in [2.05, 4.69) is 14.8 Å². The Kier molecular flexibility index (Phi) is 4.35. The lowest BCUT2D eigenvalue weighted by Gasteiger charge is -2.11. The molecule has 0 aliphatic heterocycles. The molecule has 2 heterocycles. The minimum Gasteiger partial charge on any atom is -0.278 e. The molecule has 0 saturated heterocycles. The molecule has 3 rings (SSSR count). The first kappa shape index (κ1) is 16.9. The van der Waals surface area contributed by atoms with Crippen LogP contribution in [0.15, 0.2) is 29.3 Å². The number of imidazole rings is 1. The van der Waals surface area contributed by atoms with Crippen LogP contribution in [0, 0.1) is 6.92 Å². The van der Waals surface area contributed by atoms with Crippen molar-refractivity contribution in [1.29, 1.82) is 0 Å². The van der Waals surface area contributed by atoms with Crippen molar-refractivity contribution in [3.63, 3.8) is 0 Å². The maximum Gasteiger partial charge on any atom is 0.281 e. The molecule has 0 bridgehead atoms. The predicted molar refractivity (Wildman–Crippen MR) is 96.3 cm³/mol. The number of sulfonamides is 1. The number of rotatable bonds is 5. The van der Waals surface area contributed by atoms with Gasteiger partial charge in [0.2, 0.25) is 9.99 Å². The number of benzene rings is 1. The van der Waals surface area contributed by atoms with Gasteiger partial charge in [-0.25, -0.2) is 4.98 Å². The van der Waals surface area contributed by atoms with Crippen LogP contribution in [0.25, 0.3) is 4.96 Å². The Morgan fingerprint density at radius 3 is 2.75 bits per heavy atom. The van der Waals surface area contributed by atoms with Gasteiger partial charge in [-0.05, 0) is 37.0 Å². The molecule has 0 atom stereocenters. The van der Waals surface area contributed by atoms with E-state index in [1.165, 1.54) is 15.9 Å². The standard InChI is InChI=1S/C16H20N4O2S2/c1-5-12-7-6-8-13(9-12)19-24(21,22)15-14(10(2)3)17-16-20(15)18-11(4)23-16/h6-10,19H,5H2,1-4H3. The molecule has 3 aromatic rings. The predicted octanol–water partition coefficient (Wildman–Crippen LogP) is 3.59. The summed E-state index contributed by atoms with van der Waals surface area (Å²) in [6.45, 7) is 7.72. The minimum absolute atomic E-state index is 0.0206. The number of nitrogens with zero attached hydrogens (tertiary/aromatic N) is 3. The highest BCUT2D eigenvalue weighted by Crippen LogP contribution is 2.28. The van der Waals surface area contributed by atoms with Crippen LogP contribution in [0.3, 0.4) is 0 Å². The molecule has 0 aliphatic carbocycles. The molecule has 0 fully saturated rings. The molecule has 0 amide bonds. The van der Waals surface area contributed by atoms with Crippen molar-refractivity contribution in [2.45, 2.75) is 45.1 Å². The van der Waals surface area contributed by atoms with Gasteiger partial charge in [-0.15, -0.1) is 0 Å². The summed E-state index contributed by atoms with van der Waals surface area (Å²) in [6.07, 6.45) is 0.842. The van der Waals surface area contributed by atoms with Crippen molar-refractivity contribution >= 4 is 32.0 Å². The first-order chi connectivity index (χ1) is 11.3. The SMILES string of the molecule is CCc1cccc(NS(=O)(=O)c2c(C(C)C)nc3sc(C)nn23)c1. The van der Waals surface area contributed by atoms with E-state index < -0.39 is 10.0 Å². The van der Waals surface area contributed by atoms with E-state index in [1.54, 1.807) is 6.07 Å². The second-order valence-corrected chi connectivity index (χ2v) is 8.69. The molecule has 0 unspecified atom stereocenters. The lowest BCUT2D eigenvalue weighted by atomic mass is 10.1. The van der Waals surface area contributed by atoms with Crippen molar-refractivity contribution in [1.82, 2.24) is 14.6 Å². The van der Waals surface area contributed by atoms with E-state index in [1.807, 2.05) is 45.9 Å². The number of hydrogen-bond acceptors (Lipinski definition) is 5. The van der Waals surface area contributed by atoms with Crippen LogP contribution < -0.4 is 4.72 Å². The number of nitrogens with one attached hydrogen (secondary N) is 1. The van der Waals surface area contributed by atoms with Crippen molar-refractivity contribution in [3.8, 4) is 0 Å². The molecule has 8 heteroatoms. The molecule has 1 N–H and O–H groups in total. The zero-order valence-corrected chi connectivity index (χ0v) is 15.7. The Morgan fingerprint density at radius 1 is 1.33 bits per heavy atom. The lowest BCUT2D eigenvalue weighted by molar-refractivity contribution is 0.589. The third-order valence-electron chi connectivity index (χ3n) is 3.68. The third kappa shape index (κ3) is 3.03. The fraction of sp³-hybridized carbons (Fsp3) is 0.375. The first-order valence-electron chi connectivity index (χ1n) is 7.79. The summed E-state index contributed by atoms with van der Waals surface area (Å²) in [5.41, 5.74) is 2.15. The summed E-state index contributed by atoms with van der Waals surface area (Å²) < 4.78 is 30.1. The van der Waals surface area contributed by atoms with Gasteiger partial charge in [-0.3, -0.25) is 4.72 Å². The van der Waals surface area contributed by atoms with E-state index in [0.717, 1.165) is 17.0 Å². The number of anilines is 1. The van der Waals surface area contributed by atoms with Crippen LogP contribution in [0.5, 0.6) is 0 Å². The molecular weight excluding hydrogens is 344 g/mol. The van der Waals surface area contributed by atoms with E-state index in [9.17, 15) is 8.42 Å². The van der Waals surface area contributed by atoms with E-state index in [-0.39, 0.29) is 10.9 Å². The average molecular weight is 364 g/mol. The smallest absolute Gasteiger partial charge is 0.278 e. The molecule has 1 aromatic carbocycles. The van der Waals surface area contributed by atoms with E-state index in [4.69, 9.17) is 0 Å². The van der Waals surface area contributed by atoms with Crippen LogP contribution in [0.1, 0.15) is 43.0 Å². The summed E-state index contributed by atoms with van der Waals surface area (Å²) in [4.78, 5) is 5.07. The zero-order valence-electron chi connectivity index (χ0n) is 14.1. The highest BCUT2D eigenvalue weighted by Gasteiger charge is 2.29. The highest BCUT2D eigenvalue weighted by molar-refractivity contribution is 7.92. The number of aryl methyl sites for hydroxylation is 2. The summed E-state index contributed by atoms with van der Waals surface area (Å²) in [7, 11) is -3.79. The maximum atomic E-state index is 13.0. The topological polar surface area (TPSA) is 76.4 Å². The van der Waals surface area contributed by atoms with Gasteiger partial charge in [0.05, 0.1) is 5.69 Å². The van der Waals surface area contributed by atoms with Crippen molar-refractivity contribution in [2.75, 3.05) is 4.72 Å². The molecule has 0 saturated carbocycles. The van der Waals surface area contributed by atoms with Crippen LogP contribution in [-0.2, 0) is 16.4 Å². The van der Waals surface area contributed by atoms with E-state index in [0.29, 0.717) is 16.3 Å². The molecule has 2 aromatic heterocycles. The van der Waals surface area contributed by atoms with Crippen LogP contribution >= 0.6 is 11.3 Å². The number of aromatic nitrogens is 3. The lowest BCUT2D eigenvalue weighted by Crippen LogP contribution is -2.18. The summed E-state index contributed by atoms with van der Waals surface area (Å²) in [5, 5.41) is 5.21. The van der Waals surface area contributed by atoms with Gasteiger partial charge in [0, 0.05) is 5.69 Å². The van der Waals surface area contributed by atoms with Gasteiger partial charge in [-0.1, -0.05) is 44.2 Å². The fourth-order valence-electron chi connectivity index (χ4n) is 2.53. The molecule has 24 heavy (non-hydrogen) atoms. The second-order valence-electron chi connectivity index (χ2n) is 5.93. The zero-order chi connectivity index (χ0) is 17.5. The molecule has 128 valence electrons. The maximum absolute atomic E-state index is 13.0. The van der Waals surface area contributed by atoms with Crippen LogP contribution in [-0.4, -0.2) is 23.0 Å². The van der Waals surface area contributed by atoms with Gasteiger partial charge in [0.25, 0.3) is 10.0 Å². The van der Waals surface area contributed by atoms with Gasteiger partial charge in [0.15, 0.2) is 0 Å². The Balaban J connectivity index is 2.11. The molecule has 0 spiro atoms. The minimum atomic E-state index is -3.79. The Hall–Kier alpha value is -1.93. The van der Waals surface area contributed by atoms with Gasteiger partial charge >= 0.3 is 0 Å². The fourth-order valence-corrected chi connectivity index (χ4v) is 4.78. The quantitative estimate of drug-likeness (QED) is 0.751. The highest BCUT2D eigenvalue weighted by atomic mass is 32.2. The molecule has 6 nitrogen and oxygen atoms in total. The summed E-state index contributed by atoms with van der Waals surface area (Å²) >= 11 is 1.38. The first-order valence-corrected chi connectivity index (χ1v) is 10.1. The Bertz CT molecular complexity index is 987. The molecule has 0 aliphatic rings. The third-order valence-corrected chi connectivity index (χ3v) is 5.90. The number of hydrogen-bond donors (Lipinski definition) is 1. The summed E-state index contributed by atoms with van der Waals surface area (Å²) in [6, 6.07) is 7.41. The summed E-state index contributed by atoms with van der Waals surface area (Å²) in [5.74, 6) is -0.0206. The van der Waals surface area contributed by atoms with E-state index >= 15 is 0 Å².